The average Bonchev–Trinajstić information content (AvgIpc) is 2.59. The van der Waals surface area contributed by atoms with Gasteiger partial charge in [0.25, 0.3) is 0 Å². The molecule has 1 aromatic rings. The lowest BCUT2D eigenvalue weighted by atomic mass is 9.77. The van der Waals surface area contributed by atoms with Crippen LogP contribution in [-0.4, -0.2) is 26.0 Å². The van der Waals surface area contributed by atoms with E-state index in [-0.39, 0.29) is 0 Å². The lowest BCUT2D eigenvalue weighted by Gasteiger charge is -2.37. The van der Waals surface area contributed by atoms with E-state index in [0.717, 1.165) is 25.1 Å². The fraction of sp³-hybridized carbons (Fsp3) is 0.700. The van der Waals surface area contributed by atoms with Crippen molar-refractivity contribution in [2.45, 2.75) is 44.6 Å². The zero-order chi connectivity index (χ0) is 11.6. The first-order valence-corrected chi connectivity index (χ1v) is 6.28. The number of rotatable bonds is 5. The lowest BCUT2D eigenvalue weighted by molar-refractivity contribution is -0.145. The standard InChI is InChI=1S/C10H15N3O2S/c1-2-4-7-11-9(16-13-7)12-10(8(14)15)5-3-6-10/h2-6H2,1H3,(H,14,15)(H,11,12,13). The Bertz CT molecular complexity index is 387. The molecule has 0 aliphatic heterocycles. The number of carbonyl (C=O) groups is 1. The van der Waals surface area contributed by atoms with E-state index in [1.54, 1.807) is 0 Å². The summed E-state index contributed by atoms with van der Waals surface area (Å²) in [6.07, 6.45) is 4.15. The van der Waals surface area contributed by atoms with Crippen molar-refractivity contribution >= 4 is 22.6 Å². The molecule has 0 saturated heterocycles. The number of hydrogen-bond acceptors (Lipinski definition) is 5. The molecule has 6 heteroatoms. The van der Waals surface area contributed by atoms with Crippen LogP contribution in [-0.2, 0) is 11.2 Å². The fourth-order valence-electron chi connectivity index (χ4n) is 1.76. The maximum atomic E-state index is 11.1. The van der Waals surface area contributed by atoms with E-state index in [9.17, 15) is 4.79 Å². The molecule has 2 rings (SSSR count). The number of aryl methyl sites for hydroxylation is 1. The van der Waals surface area contributed by atoms with E-state index >= 15 is 0 Å². The third kappa shape index (κ3) is 2.02. The Morgan fingerprint density at radius 3 is 2.88 bits per heavy atom. The molecule has 0 bridgehead atoms. The van der Waals surface area contributed by atoms with Gasteiger partial charge < -0.3 is 10.4 Å². The van der Waals surface area contributed by atoms with E-state index in [1.807, 2.05) is 0 Å². The normalized spacial score (nSPS) is 17.8. The number of carboxylic acids is 1. The van der Waals surface area contributed by atoms with E-state index in [2.05, 4.69) is 21.6 Å². The van der Waals surface area contributed by atoms with Crippen molar-refractivity contribution in [2.24, 2.45) is 0 Å². The van der Waals surface area contributed by atoms with Gasteiger partial charge in [-0.05, 0) is 25.7 Å². The van der Waals surface area contributed by atoms with Crippen LogP contribution >= 0.6 is 11.5 Å². The fourth-order valence-corrected chi connectivity index (χ4v) is 2.47. The number of carboxylic acid groups (broad SMARTS) is 1. The van der Waals surface area contributed by atoms with Crippen LogP contribution < -0.4 is 5.32 Å². The van der Waals surface area contributed by atoms with Gasteiger partial charge in [-0.15, -0.1) is 0 Å². The van der Waals surface area contributed by atoms with Crippen LogP contribution in [0.15, 0.2) is 0 Å². The van der Waals surface area contributed by atoms with E-state index in [0.29, 0.717) is 18.0 Å². The summed E-state index contributed by atoms with van der Waals surface area (Å²) < 4.78 is 4.18. The van der Waals surface area contributed by atoms with Gasteiger partial charge in [0.05, 0.1) is 0 Å². The molecule has 0 radical (unpaired) electrons. The molecule has 0 aromatic carbocycles. The first kappa shape index (κ1) is 11.3. The number of hydrogen-bond donors (Lipinski definition) is 2. The van der Waals surface area contributed by atoms with Gasteiger partial charge in [-0.1, -0.05) is 6.92 Å². The van der Waals surface area contributed by atoms with Crippen molar-refractivity contribution in [1.82, 2.24) is 9.36 Å². The number of aliphatic carboxylic acids is 1. The maximum absolute atomic E-state index is 11.1. The van der Waals surface area contributed by atoms with Crippen LogP contribution in [0.3, 0.4) is 0 Å². The first-order chi connectivity index (χ1) is 7.66. The summed E-state index contributed by atoms with van der Waals surface area (Å²) in [7, 11) is 0. The summed E-state index contributed by atoms with van der Waals surface area (Å²) in [5.74, 6) is 0.0147. The zero-order valence-corrected chi connectivity index (χ0v) is 10.0. The highest BCUT2D eigenvalue weighted by molar-refractivity contribution is 7.09. The molecule has 0 spiro atoms. The Balaban J connectivity index is 2.05. The van der Waals surface area contributed by atoms with Crippen molar-refractivity contribution < 1.29 is 9.90 Å². The van der Waals surface area contributed by atoms with Crippen molar-refractivity contribution in [1.29, 1.82) is 0 Å². The molecule has 1 aromatic heterocycles. The van der Waals surface area contributed by atoms with Crippen LogP contribution in [0.2, 0.25) is 0 Å². The molecule has 0 atom stereocenters. The van der Waals surface area contributed by atoms with Crippen LogP contribution in [0.4, 0.5) is 5.13 Å². The Labute approximate surface area is 98.1 Å². The molecule has 1 heterocycles. The smallest absolute Gasteiger partial charge is 0.329 e. The van der Waals surface area contributed by atoms with E-state index < -0.39 is 11.5 Å². The van der Waals surface area contributed by atoms with E-state index in [4.69, 9.17) is 5.11 Å². The van der Waals surface area contributed by atoms with Gasteiger partial charge in [-0.2, -0.15) is 4.37 Å². The monoisotopic (exact) mass is 241 g/mol. The van der Waals surface area contributed by atoms with Gasteiger partial charge in [0.1, 0.15) is 11.4 Å². The summed E-state index contributed by atoms with van der Waals surface area (Å²) >= 11 is 1.25. The predicted octanol–water partition coefficient (Wildman–Crippen LogP) is 1.91. The average molecular weight is 241 g/mol. The highest BCUT2D eigenvalue weighted by Gasteiger charge is 2.45. The minimum Gasteiger partial charge on any atom is -0.480 e. The third-order valence-electron chi connectivity index (χ3n) is 2.90. The van der Waals surface area contributed by atoms with Crippen molar-refractivity contribution in [2.75, 3.05) is 5.32 Å². The summed E-state index contributed by atoms with van der Waals surface area (Å²) in [4.78, 5) is 15.4. The molecule has 0 unspecified atom stereocenters. The largest absolute Gasteiger partial charge is 0.480 e. The number of aromatic nitrogens is 2. The molecule has 0 amide bonds. The van der Waals surface area contributed by atoms with Gasteiger partial charge >= 0.3 is 5.97 Å². The molecule has 16 heavy (non-hydrogen) atoms. The second-order valence-corrected chi connectivity index (χ2v) is 4.88. The van der Waals surface area contributed by atoms with Gasteiger partial charge in [-0.25, -0.2) is 9.78 Å². The second kappa shape index (κ2) is 4.37. The van der Waals surface area contributed by atoms with Crippen molar-refractivity contribution in [3.8, 4) is 0 Å². The Morgan fingerprint density at radius 2 is 2.38 bits per heavy atom. The summed E-state index contributed by atoms with van der Waals surface area (Å²) in [6, 6.07) is 0. The topological polar surface area (TPSA) is 75.1 Å². The molecule has 1 saturated carbocycles. The summed E-state index contributed by atoms with van der Waals surface area (Å²) in [5.41, 5.74) is -0.789. The molecule has 88 valence electrons. The predicted molar refractivity (Wildman–Crippen MR) is 61.7 cm³/mol. The quantitative estimate of drug-likeness (QED) is 0.823. The maximum Gasteiger partial charge on any atom is 0.329 e. The Morgan fingerprint density at radius 1 is 1.62 bits per heavy atom. The highest BCUT2D eigenvalue weighted by atomic mass is 32.1. The van der Waals surface area contributed by atoms with Gasteiger partial charge in [-0.3, -0.25) is 0 Å². The minimum atomic E-state index is -0.789. The molecular weight excluding hydrogens is 226 g/mol. The van der Waals surface area contributed by atoms with Gasteiger partial charge in [0.15, 0.2) is 0 Å². The van der Waals surface area contributed by atoms with Gasteiger partial charge in [0.2, 0.25) is 5.13 Å². The number of anilines is 1. The highest BCUT2D eigenvalue weighted by Crippen LogP contribution is 2.35. The van der Waals surface area contributed by atoms with Gasteiger partial charge in [0, 0.05) is 18.0 Å². The second-order valence-electron chi connectivity index (χ2n) is 4.13. The SMILES string of the molecule is CCCc1nsc(NC2(C(=O)O)CCC2)n1. The summed E-state index contributed by atoms with van der Waals surface area (Å²) in [5, 5.41) is 12.8. The first-order valence-electron chi connectivity index (χ1n) is 5.50. The number of nitrogens with zero attached hydrogens (tertiary/aromatic N) is 2. The Kier molecular flexibility index (Phi) is 3.09. The molecular formula is C10H15N3O2S. The van der Waals surface area contributed by atoms with Crippen molar-refractivity contribution in [3.05, 3.63) is 5.82 Å². The van der Waals surface area contributed by atoms with Crippen LogP contribution in [0.1, 0.15) is 38.4 Å². The molecule has 1 aliphatic rings. The minimum absolute atomic E-state index is 0.630. The molecule has 1 fully saturated rings. The van der Waals surface area contributed by atoms with E-state index in [1.165, 1.54) is 11.5 Å². The lowest BCUT2D eigenvalue weighted by Crippen LogP contribution is -2.52. The number of nitrogens with one attached hydrogen (secondary N) is 1. The third-order valence-corrected chi connectivity index (χ3v) is 3.57. The van der Waals surface area contributed by atoms with Crippen LogP contribution in [0, 0.1) is 0 Å². The molecule has 1 aliphatic carbocycles. The zero-order valence-electron chi connectivity index (χ0n) is 9.19. The Hall–Kier alpha value is -1.17. The van der Waals surface area contributed by atoms with Crippen molar-refractivity contribution in [3.63, 3.8) is 0 Å². The molecule has 5 nitrogen and oxygen atoms in total. The van der Waals surface area contributed by atoms with Crippen LogP contribution in [0.25, 0.3) is 0 Å². The molecule has 2 N–H and O–H groups in total. The summed E-state index contributed by atoms with van der Waals surface area (Å²) in [6.45, 7) is 2.07. The van der Waals surface area contributed by atoms with Crippen LogP contribution in [0.5, 0.6) is 0 Å².